The molecule has 162 valence electrons. The van der Waals surface area contributed by atoms with E-state index in [0.29, 0.717) is 11.3 Å². The number of carbonyl (C=O) groups excluding carboxylic acids is 3. The number of para-hydroxylation sites is 1. The van der Waals surface area contributed by atoms with Gasteiger partial charge in [-0.15, -0.1) is 0 Å². The summed E-state index contributed by atoms with van der Waals surface area (Å²) >= 11 is 0.949. The number of nitrogens with two attached hydrogens (primary N) is 1. The first-order valence-electron chi connectivity index (χ1n) is 9.60. The Balaban J connectivity index is 1.65. The normalized spacial score (nSPS) is 24.0. The molecule has 2 aromatic rings. The van der Waals surface area contributed by atoms with E-state index < -0.39 is 40.8 Å². The highest BCUT2D eigenvalue weighted by atomic mass is 32.2. The number of aromatic carboxylic acids is 1. The second-order valence-electron chi connectivity index (χ2n) is 7.46. The molecule has 0 aromatic heterocycles. The highest BCUT2D eigenvalue weighted by molar-refractivity contribution is 8.04. The molecule has 10 heteroatoms. The molecule has 3 aliphatic heterocycles. The molecule has 0 radical (unpaired) electrons. The first-order valence-corrected chi connectivity index (χ1v) is 10.5. The summed E-state index contributed by atoms with van der Waals surface area (Å²) in [5.41, 5.74) is 6.93. The number of carboxylic acids is 1. The Morgan fingerprint density at radius 2 is 1.91 bits per heavy atom. The number of benzene rings is 2. The minimum absolute atomic E-state index is 0.0553. The molecule has 9 nitrogen and oxygen atoms in total. The van der Waals surface area contributed by atoms with Crippen LogP contribution in [0, 0.1) is 5.92 Å². The number of carboxylic acid groups (broad SMARTS) is 1. The van der Waals surface area contributed by atoms with E-state index >= 15 is 0 Å². The number of fused-ring (bicyclic) bond motifs is 5. The van der Waals surface area contributed by atoms with Crippen molar-refractivity contribution in [2.45, 2.75) is 11.2 Å². The Bertz CT molecular complexity index is 1250. The van der Waals surface area contributed by atoms with Gasteiger partial charge >= 0.3 is 11.9 Å². The van der Waals surface area contributed by atoms with Crippen molar-refractivity contribution in [1.29, 1.82) is 0 Å². The third kappa shape index (κ3) is 2.72. The van der Waals surface area contributed by atoms with Gasteiger partial charge in [-0.05, 0) is 24.3 Å². The van der Waals surface area contributed by atoms with E-state index in [2.05, 4.69) is 0 Å². The van der Waals surface area contributed by atoms with Crippen molar-refractivity contribution in [1.82, 2.24) is 0 Å². The zero-order valence-electron chi connectivity index (χ0n) is 16.6. The Kier molecular flexibility index (Phi) is 4.48. The van der Waals surface area contributed by atoms with E-state index in [-0.39, 0.29) is 27.6 Å². The number of ether oxygens (including phenoxy) is 2. The van der Waals surface area contributed by atoms with Crippen molar-refractivity contribution in [2.75, 3.05) is 12.0 Å². The van der Waals surface area contributed by atoms with Crippen LogP contribution < -0.4 is 20.1 Å². The highest BCUT2D eigenvalue weighted by Gasteiger charge is 2.58. The summed E-state index contributed by atoms with van der Waals surface area (Å²) in [5.74, 6) is -4.11. The lowest BCUT2D eigenvalue weighted by molar-refractivity contribution is -0.132. The topological polar surface area (TPSA) is 136 Å². The molecule has 2 amide bonds. The predicted octanol–water partition coefficient (Wildman–Crippen LogP) is 1.87. The third-order valence-corrected chi connectivity index (χ3v) is 7.04. The fourth-order valence-electron chi connectivity index (χ4n) is 4.45. The Morgan fingerprint density at radius 3 is 2.62 bits per heavy atom. The highest BCUT2D eigenvalue weighted by Crippen LogP contribution is 2.55. The van der Waals surface area contributed by atoms with Gasteiger partial charge in [-0.2, -0.15) is 0 Å². The van der Waals surface area contributed by atoms with Crippen LogP contribution in [0.25, 0.3) is 0 Å². The number of hydrogen-bond donors (Lipinski definition) is 2. The van der Waals surface area contributed by atoms with Gasteiger partial charge in [0.2, 0.25) is 11.8 Å². The number of methoxy groups -OCH3 is 1. The summed E-state index contributed by atoms with van der Waals surface area (Å²) in [6.07, 6.45) is 0. The number of imide groups is 1. The monoisotopic (exact) mass is 452 g/mol. The fraction of sp³-hybridized carbons (Fsp3) is 0.182. The summed E-state index contributed by atoms with van der Waals surface area (Å²) < 4.78 is 10.8. The van der Waals surface area contributed by atoms with Gasteiger partial charge in [0.15, 0.2) is 11.5 Å². The molecule has 0 saturated carbocycles. The molecule has 0 unspecified atom stereocenters. The third-order valence-electron chi connectivity index (χ3n) is 5.82. The van der Waals surface area contributed by atoms with Crippen LogP contribution in [-0.4, -0.2) is 41.2 Å². The van der Waals surface area contributed by atoms with Gasteiger partial charge in [0.1, 0.15) is 5.25 Å². The van der Waals surface area contributed by atoms with Crippen LogP contribution in [0.5, 0.6) is 11.5 Å². The van der Waals surface area contributed by atoms with Crippen LogP contribution >= 0.6 is 11.8 Å². The Hall–Kier alpha value is -3.79. The average molecular weight is 452 g/mol. The van der Waals surface area contributed by atoms with Crippen LogP contribution in [0.2, 0.25) is 0 Å². The number of hydrogen-bond acceptors (Lipinski definition) is 8. The van der Waals surface area contributed by atoms with Crippen molar-refractivity contribution < 1.29 is 33.8 Å². The molecule has 3 atom stereocenters. The SMILES string of the molecule is COc1cccc2c1OC(=O)C1=C(N)S[C@H]3C(=O)N(c4cccc(C(=O)O)c4)C(=O)[C@H]3[C@H]12. The maximum Gasteiger partial charge on any atom is 0.342 e. The molecular weight excluding hydrogens is 436 g/mol. The predicted molar refractivity (Wildman–Crippen MR) is 113 cm³/mol. The van der Waals surface area contributed by atoms with Gasteiger partial charge in [0.05, 0.1) is 34.9 Å². The zero-order chi connectivity index (χ0) is 22.7. The lowest BCUT2D eigenvalue weighted by Crippen LogP contribution is -2.39. The van der Waals surface area contributed by atoms with Crippen LogP contribution in [0.4, 0.5) is 5.69 Å². The van der Waals surface area contributed by atoms with Crippen LogP contribution in [-0.2, 0) is 14.4 Å². The number of anilines is 1. The molecule has 0 bridgehead atoms. The van der Waals surface area contributed by atoms with E-state index in [1.807, 2.05) is 0 Å². The van der Waals surface area contributed by atoms with Gasteiger partial charge in [0, 0.05) is 11.5 Å². The first-order chi connectivity index (χ1) is 15.3. The lowest BCUT2D eigenvalue weighted by Gasteiger charge is -2.36. The van der Waals surface area contributed by atoms with Crippen molar-refractivity contribution in [2.24, 2.45) is 11.7 Å². The van der Waals surface area contributed by atoms with E-state index in [1.54, 1.807) is 18.2 Å². The van der Waals surface area contributed by atoms with E-state index in [0.717, 1.165) is 16.7 Å². The Labute approximate surface area is 185 Å². The van der Waals surface area contributed by atoms with Crippen molar-refractivity contribution in [3.05, 3.63) is 64.2 Å². The molecule has 1 saturated heterocycles. The molecule has 3 heterocycles. The van der Waals surface area contributed by atoms with Gasteiger partial charge in [0.25, 0.3) is 0 Å². The first kappa shape index (κ1) is 20.1. The standard InChI is InChI=1S/C22H16N2O7S/c1-30-12-7-3-6-11-13-14-17(32-18(23)15(13)22(29)31-16(11)12)20(26)24(19(14)25)10-5-2-4-9(8-10)21(27)28/h2-8,13-14,17H,23H2,1H3,(H,27,28)/t13-,14+,17-/m1/s1. The molecule has 5 rings (SSSR count). The number of thioether (sulfide) groups is 1. The fourth-order valence-corrected chi connectivity index (χ4v) is 5.68. The molecule has 32 heavy (non-hydrogen) atoms. The van der Waals surface area contributed by atoms with Crippen molar-refractivity contribution >= 4 is 41.2 Å². The second-order valence-corrected chi connectivity index (χ2v) is 8.64. The number of carbonyl (C=O) groups is 4. The molecule has 2 aromatic carbocycles. The van der Waals surface area contributed by atoms with E-state index in [4.69, 9.17) is 15.2 Å². The van der Waals surface area contributed by atoms with Gasteiger partial charge in [-0.3, -0.25) is 9.59 Å². The minimum Gasteiger partial charge on any atom is -0.493 e. The minimum atomic E-state index is -1.18. The van der Waals surface area contributed by atoms with Crippen LogP contribution in [0.3, 0.4) is 0 Å². The maximum absolute atomic E-state index is 13.6. The largest absolute Gasteiger partial charge is 0.493 e. The smallest absolute Gasteiger partial charge is 0.342 e. The second kappa shape index (κ2) is 7.13. The number of amides is 2. The van der Waals surface area contributed by atoms with E-state index in [1.165, 1.54) is 31.4 Å². The number of rotatable bonds is 3. The maximum atomic E-state index is 13.6. The molecular formula is C22H16N2O7S. The lowest BCUT2D eigenvalue weighted by atomic mass is 9.77. The van der Waals surface area contributed by atoms with Gasteiger partial charge in [-0.25, -0.2) is 14.5 Å². The van der Waals surface area contributed by atoms with Crippen molar-refractivity contribution in [3.63, 3.8) is 0 Å². The Morgan fingerprint density at radius 1 is 1.16 bits per heavy atom. The molecule has 1 fully saturated rings. The van der Waals surface area contributed by atoms with Crippen molar-refractivity contribution in [3.8, 4) is 11.5 Å². The van der Waals surface area contributed by atoms with E-state index in [9.17, 15) is 24.3 Å². The molecule has 0 aliphatic carbocycles. The van der Waals surface area contributed by atoms with Gasteiger partial charge in [-0.1, -0.05) is 30.0 Å². The number of esters is 1. The summed E-state index contributed by atoms with van der Waals surface area (Å²) in [7, 11) is 1.43. The summed E-state index contributed by atoms with van der Waals surface area (Å²) in [4.78, 5) is 52.0. The number of nitrogens with zero attached hydrogens (tertiary/aromatic N) is 1. The van der Waals surface area contributed by atoms with Crippen LogP contribution in [0.15, 0.2) is 53.1 Å². The summed E-state index contributed by atoms with van der Waals surface area (Å²) in [5, 5.41) is 8.54. The molecule has 3 N–H and O–H groups in total. The molecule has 3 aliphatic rings. The average Bonchev–Trinajstić information content (AvgIpc) is 3.02. The zero-order valence-corrected chi connectivity index (χ0v) is 17.4. The van der Waals surface area contributed by atoms with Crippen LogP contribution in [0.1, 0.15) is 21.8 Å². The summed E-state index contributed by atoms with van der Waals surface area (Å²) in [6, 6.07) is 10.6. The molecule has 0 spiro atoms. The quantitative estimate of drug-likeness (QED) is 0.406. The van der Waals surface area contributed by atoms with Gasteiger partial charge < -0.3 is 20.3 Å². The summed E-state index contributed by atoms with van der Waals surface area (Å²) in [6.45, 7) is 0.